The largest absolute Gasteiger partial charge is 0.310 e. The van der Waals surface area contributed by atoms with Crippen LogP contribution in [0.15, 0.2) is 352 Å². The maximum absolute atomic E-state index is 2.74. The minimum absolute atomic E-state index is 0.201. The van der Waals surface area contributed by atoms with Gasteiger partial charge in [-0.15, -0.1) is 0 Å². The third-order valence-electron chi connectivity index (χ3n) is 22.0. The number of benzene rings is 16. The molecule has 1 aromatic heterocycles. The highest BCUT2D eigenvalue weighted by atomic mass is 15.2. The zero-order chi connectivity index (χ0) is 70.0. The zero-order valence-corrected chi connectivity index (χ0v) is 59.4. The van der Waals surface area contributed by atoms with Crippen LogP contribution in [0.3, 0.4) is 0 Å². The summed E-state index contributed by atoms with van der Waals surface area (Å²) in [6.07, 6.45) is 0. The van der Waals surface area contributed by atoms with Crippen LogP contribution in [0.2, 0.25) is 0 Å². The van der Waals surface area contributed by atoms with Gasteiger partial charge >= 0.3 is 0 Å². The lowest BCUT2D eigenvalue weighted by Gasteiger charge is -2.46. The van der Waals surface area contributed by atoms with Crippen LogP contribution in [0.25, 0.3) is 127 Å². The van der Waals surface area contributed by atoms with E-state index in [9.17, 15) is 0 Å². The van der Waals surface area contributed by atoms with Gasteiger partial charge in [0.2, 0.25) is 0 Å². The Kier molecular flexibility index (Phi) is 14.8. The molecule has 2 aliphatic heterocycles. The number of fused-ring (bicyclic) bond motifs is 9. The average Bonchev–Trinajstić information content (AvgIpc) is 0.703. The Hall–Kier alpha value is -12.5. The van der Waals surface area contributed by atoms with Gasteiger partial charge < -0.3 is 14.4 Å². The first kappa shape index (κ1) is 62.5. The van der Waals surface area contributed by atoms with E-state index in [-0.39, 0.29) is 17.5 Å². The molecule has 0 atom stereocenters. The molecule has 3 heterocycles. The third-order valence-corrected chi connectivity index (χ3v) is 22.0. The van der Waals surface area contributed by atoms with Crippen LogP contribution in [0, 0.1) is 0 Å². The molecule has 104 heavy (non-hydrogen) atoms. The standard InChI is InChI=1S/C100H76BN3/c1-99(2,3)73-59-82(66-35-15-8-16-36-66)97(83(60-73)67-37-17-9-18-38-67)103-90-57-71(65-33-13-7-14-34-65)53-55-86(90)101-87-56-54-72(95-80-49-27-25-47-78(80)94(70-43-23-12-24-44-70)79-48-26-28-50-81(79)95)58-91(87)104(93-64-75(63-92(103)96(93)101)102-88-51-31-29-45-76(88)77-46-30-32-52-89(77)102)98-84(68-39-19-10-20-40-68)61-74(100(4,5)6)62-85(98)69-41-21-11-22-42-69/h7-64H,1-6H3. The van der Waals surface area contributed by atoms with Gasteiger partial charge in [0.25, 0.3) is 6.71 Å². The molecule has 0 unspecified atom stereocenters. The number of aromatic nitrogens is 1. The van der Waals surface area contributed by atoms with Gasteiger partial charge in [0.15, 0.2) is 0 Å². The van der Waals surface area contributed by atoms with E-state index in [1.54, 1.807) is 0 Å². The number of hydrogen-bond acceptors (Lipinski definition) is 2. The Morgan fingerprint density at radius 1 is 0.240 bits per heavy atom. The fourth-order valence-electron chi connectivity index (χ4n) is 17.1. The molecule has 19 rings (SSSR count). The van der Waals surface area contributed by atoms with Crippen molar-refractivity contribution in [2.75, 3.05) is 9.80 Å². The average molecular weight is 1330 g/mol. The molecule has 0 saturated carbocycles. The Labute approximate surface area is 610 Å². The van der Waals surface area contributed by atoms with E-state index in [4.69, 9.17) is 0 Å². The van der Waals surface area contributed by atoms with Crippen molar-refractivity contribution in [3.63, 3.8) is 0 Å². The van der Waals surface area contributed by atoms with E-state index in [1.807, 2.05) is 0 Å². The van der Waals surface area contributed by atoms with E-state index < -0.39 is 0 Å². The number of anilines is 6. The van der Waals surface area contributed by atoms with Crippen LogP contribution in [-0.4, -0.2) is 11.3 Å². The first-order valence-electron chi connectivity index (χ1n) is 36.6. The molecule has 0 spiro atoms. The molecular formula is C100H76BN3. The first-order valence-corrected chi connectivity index (χ1v) is 36.6. The van der Waals surface area contributed by atoms with E-state index >= 15 is 0 Å². The second-order valence-electron chi connectivity index (χ2n) is 30.3. The molecule has 3 nitrogen and oxygen atoms in total. The minimum Gasteiger partial charge on any atom is -0.310 e. The summed E-state index contributed by atoms with van der Waals surface area (Å²) < 4.78 is 2.55. The molecule has 0 radical (unpaired) electrons. The van der Waals surface area contributed by atoms with E-state index in [0.29, 0.717) is 0 Å². The Morgan fingerprint density at radius 3 is 0.904 bits per heavy atom. The number of rotatable bonds is 10. The minimum atomic E-state index is -0.263. The maximum atomic E-state index is 2.74. The summed E-state index contributed by atoms with van der Waals surface area (Å²) in [5.74, 6) is 0. The van der Waals surface area contributed by atoms with Crippen molar-refractivity contribution in [2.24, 2.45) is 0 Å². The molecule has 17 aromatic rings. The zero-order valence-electron chi connectivity index (χ0n) is 59.4. The maximum Gasteiger partial charge on any atom is 0.252 e. The molecular weight excluding hydrogens is 1250 g/mol. The summed E-state index contributed by atoms with van der Waals surface area (Å²) in [5, 5.41) is 7.27. The lowest BCUT2D eigenvalue weighted by Crippen LogP contribution is -2.61. The molecule has 0 aliphatic carbocycles. The van der Waals surface area contributed by atoms with Crippen molar-refractivity contribution in [1.82, 2.24) is 4.57 Å². The third kappa shape index (κ3) is 10.3. The fourth-order valence-corrected chi connectivity index (χ4v) is 17.1. The molecule has 2 aliphatic rings. The lowest BCUT2D eigenvalue weighted by molar-refractivity contribution is 0.590. The van der Waals surface area contributed by atoms with Crippen molar-refractivity contribution in [1.29, 1.82) is 0 Å². The molecule has 0 fully saturated rings. The van der Waals surface area contributed by atoms with Crippen LogP contribution >= 0.6 is 0 Å². The highest BCUT2D eigenvalue weighted by Gasteiger charge is 2.46. The summed E-state index contributed by atoms with van der Waals surface area (Å²) in [5.41, 5.74) is 32.2. The SMILES string of the molecule is CC(C)(C)c1cc(-c2ccccc2)c(N2c3cc(-c4ccccc4)ccc3B3c4ccc(-c5c6ccccc6c(-c6ccccc6)c6ccccc56)cc4N(c4c(-c5ccccc5)cc(C(C)(C)C)cc4-c4ccccc4)c4cc(-n5c6ccccc6c6ccccc65)cc2c43)c(-c2ccccc2)c1. The van der Waals surface area contributed by atoms with Gasteiger partial charge in [0.1, 0.15) is 0 Å². The Bertz CT molecular complexity index is 5990. The van der Waals surface area contributed by atoms with Crippen LogP contribution in [0.5, 0.6) is 0 Å². The molecule has 494 valence electrons. The van der Waals surface area contributed by atoms with Gasteiger partial charge in [-0.05, 0) is 176 Å². The fraction of sp³-hybridized carbons (Fsp3) is 0.0800. The predicted molar refractivity (Wildman–Crippen MR) is 445 cm³/mol. The topological polar surface area (TPSA) is 11.4 Å². The molecule has 0 N–H and O–H groups in total. The second kappa shape index (κ2) is 24.6. The monoisotopic (exact) mass is 1330 g/mol. The Balaban J connectivity index is 1.03. The van der Waals surface area contributed by atoms with Gasteiger partial charge in [-0.1, -0.05) is 333 Å². The normalized spacial score (nSPS) is 12.7. The van der Waals surface area contributed by atoms with Crippen LogP contribution in [0.4, 0.5) is 34.1 Å². The quantitative estimate of drug-likeness (QED) is 0.0999. The van der Waals surface area contributed by atoms with Crippen LogP contribution < -0.4 is 26.2 Å². The summed E-state index contributed by atoms with van der Waals surface area (Å²) in [4.78, 5) is 5.46. The van der Waals surface area contributed by atoms with Gasteiger partial charge in [-0.2, -0.15) is 0 Å². The molecule has 4 heteroatoms. The van der Waals surface area contributed by atoms with Gasteiger partial charge in [-0.3, -0.25) is 0 Å². The summed E-state index contributed by atoms with van der Waals surface area (Å²) >= 11 is 0. The summed E-state index contributed by atoms with van der Waals surface area (Å²) in [6, 6.07) is 133. The highest BCUT2D eigenvalue weighted by molar-refractivity contribution is 7.00. The lowest BCUT2D eigenvalue weighted by atomic mass is 9.33. The number of para-hydroxylation sites is 2. The predicted octanol–water partition coefficient (Wildman–Crippen LogP) is 25.4. The number of nitrogens with zero attached hydrogens (tertiary/aromatic N) is 3. The molecule has 0 amide bonds. The molecule has 0 saturated heterocycles. The Morgan fingerprint density at radius 2 is 0.538 bits per heavy atom. The van der Waals surface area contributed by atoms with Gasteiger partial charge in [-0.25, -0.2) is 0 Å². The van der Waals surface area contributed by atoms with E-state index in [1.165, 1.54) is 76.5 Å². The molecule has 16 aromatic carbocycles. The van der Waals surface area contributed by atoms with Crippen LogP contribution in [0.1, 0.15) is 52.7 Å². The summed E-state index contributed by atoms with van der Waals surface area (Å²) in [6.45, 7) is 13.9. The summed E-state index contributed by atoms with van der Waals surface area (Å²) in [7, 11) is 0. The first-order chi connectivity index (χ1) is 50.9. The van der Waals surface area contributed by atoms with Crippen molar-refractivity contribution >= 4 is 101 Å². The van der Waals surface area contributed by atoms with Crippen LogP contribution in [-0.2, 0) is 10.8 Å². The van der Waals surface area contributed by atoms with Crippen molar-refractivity contribution in [3.8, 4) is 83.6 Å². The number of hydrogen-bond donors (Lipinski definition) is 0. The highest BCUT2D eigenvalue weighted by Crippen LogP contribution is 2.56. The van der Waals surface area contributed by atoms with Gasteiger partial charge in [0, 0.05) is 55.8 Å². The van der Waals surface area contributed by atoms with Crippen molar-refractivity contribution in [3.05, 3.63) is 363 Å². The smallest absolute Gasteiger partial charge is 0.252 e. The van der Waals surface area contributed by atoms with E-state index in [2.05, 4.69) is 408 Å². The van der Waals surface area contributed by atoms with E-state index in [0.717, 1.165) is 112 Å². The second-order valence-corrected chi connectivity index (χ2v) is 30.3. The van der Waals surface area contributed by atoms with Gasteiger partial charge in [0.05, 0.1) is 28.1 Å². The van der Waals surface area contributed by atoms with Crippen molar-refractivity contribution < 1.29 is 0 Å². The van der Waals surface area contributed by atoms with Crippen molar-refractivity contribution in [2.45, 2.75) is 52.4 Å². The molecule has 0 bridgehead atoms.